The number of aliphatic carboxylic acids is 1. The van der Waals surface area contributed by atoms with Crippen LogP contribution in [0.1, 0.15) is 22.5 Å². The summed E-state index contributed by atoms with van der Waals surface area (Å²) in [5, 5.41) is 24.0. The fraction of sp³-hybridized carbons (Fsp3) is 0.250. The van der Waals surface area contributed by atoms with Crippen LogP contribution in [0.4, 0.5) is 5.69 Å². The number of hydrogen-bond donors (Lipinski definition) is 1. The minimum Gasteiger partial charge on any atom is -0.496 e. The maximum atomic E-state index is 11.1. The first-order valence-electron chi connectivity index (χ1n) is 7.09. The Labute approximate surface area is 138 Å². The van der Waals surface area contributed by atoms with Crippen molar-refractivity contribution in [3.05, 3.63) is 56.9 Å². The molecule has 0 amide bonds. The molecule has 24 heavy (non-hydrogen) atoms. The molecule has 0 unspecified atom stereocenters. The van der Waals surface area contributed by atoms with Crippen LogP contribution in [0.15, 0.2) is 24.3 Å². The molecule has 8 heteroatoms. The zero-order valence-electron chi connectivity index (χ0n) is 13.5. The summed E-state index contributed by atoms with van der Waals surface area (Å²) < 4.78 is 6.84. The zero-order valence-corrected chi connectivity index (χ0v) is 13.5. The average Bonchev–Trinajstić information content (AvgIpc) is 2.79. The first-order valence-corrected chi connectivity index (χ1v) is 7.09. The third-order valence-electron chi connectivity index (χ3n) is 3.57. The van der Waals surface area contributed by atoms with Gasteiger partial charge in [0.25, 0.3) is 0 Å². The number of hydrogen-bond acceptors (Lipinski definition) is 5. The van der Waals surface area contributed by atoms with Crippen molar-refractivity contribution in [2.45, 2.75) is 20.4 Å². The van der Waals surface area contributed by atoms with Gasteiger partial charge in [0.2, 0.25) is 0 Å². The average molecular weight is 331 g/mol. The molecule has 1 heterocycles. The standard InChI is InChI=1S/C16H17N3O5/c1-10-16(19(22)23)11(2)18(17-10)9-13-8-12(5-7-15(20)21)4-6-14(13)24-3/h4-8H,9H2,1-3H3,(H,20,21)/b7-5+. The minimum atomic E-state index is -1.04. The highest BCUT2D eigenvalue weighted by Gasteiger charge is 2.22. The molecule has 0 bridgehead atoms. The lowest BCUT2D eigenvalue weighted by Crippen LogP contribution is -2.06. The lowest BCUT2D eigenvalue weighted by atomic mass is 10.1. The fourth-order valence-electron chi connectivity index (χ4n) is 2.46. The quantitative estimate of drug-likeness (QED) is 0.495. The van der Waals surface area contributed by atoms with Gasteiger partial charge < -0.3 is 9.84 Å². The van der Waals surface area contributed by atoms with Crippen LogP contribution in [-0.4, -0.2) is 32.9 Å². The smallest absolute Gasteiger partial charge is 0.328 e. The molecule has 1 aromatic heterocycles. The van der Waals surface area contributed by atoms with E-state index in [2.05, 4.69) is 5.10 Å². The highest BCUT2D eigenvalue weighted by atomic mass is 16.6. The van der Waals surface area contributed by atoms with E-state index in [-0.39, 0.29) is 12.2 Å². The largest absolute Gasteiger partial charge is 0.496 e. The molecule has 1 N–H and O–H groups in total. The molecule has 0 aliphatic heterocycles. The van der Waals surface area contributed by atoms with Gasteiger partial charge in [-0.25, -0.2) is 4.79 Å². The molecule has 0 aliphatic carbocycles. The summed E-state index contributed by atoms with van der Waals surface area (Å²) in [6.07, 6.45) is 2.51. The normalized spacial score (nSPS) is 11.0. The SMILES string of the molecule is COc1ccc(/C=C/C(=O)O)cc1Cn1nc(C)c([N+](=O)[O-])c1C. The van der Waals surface area contributed by atoms with Gasteiger partial charge >= 0.3 is 11.7 Å². The zero-order chi connectivity index (χ0) is 17.9. The van der Waals surface area contributed by atoms with Crippen LogP contribution in [0, 0.1) is 24.0 Å². The summed E-state index contributed by atoms with van der Waals surface area (Å²) in [6, 6.07) is 5.21. The van der Waals surface area contributed by atoms with Gasteiger partial charge in [-0.15, -0.1) is 0 Å². The van der Waals surface area contributed by atoms with Gasteiger partial charge in [-0.1, -0.05) is 6.07 Å². The second kappa shape index (κ2) is 6.95. The van der Waals surface area contributed by atoms with E-state index in [1.54, 1.807) is 32.0 Å². The predicted octanol–water partition coefficient (Wildman–Crippen LogP) is 2.56. The topological polar surface area (TPSA) is 107 Å². The number of benzene rings is 1. The van der Waals surface area contributed by atoms with E-state index in [4.69, 9.17) is 9.84 Å². The molecule has 0 aliphatic rings. The van der Waals surface area contributed by atoms with Crippen LogP contribution in [0.5, 0.6) is 5.75 Å². The van der Waals surface area contributed by atoms with E-state index >= 15 is 0 Å². The molecule has 2 aromatic rings. The second-order valence-electron chi connectivity index (χ2n) is 5.18. The van der Waals surface area contributed by atoms with Crippen LogP contribution < -0.4 is 4.74 Å². The van der Waals surface area contributed by atoms with Gasteiger partial charge in [-0.3, -0.25) is 14.8 Å². The van der Waals surface area contributed by atoms with Gasteiger partial charge in [0.15, 0.2) is 0 Å². The predicted molar refractivity (Wildman–Crippen MR) is 87.1 cm³/mol. The van der Waals surface area contributed by atoms with Gasteiger partial charge in [-0.2, -0.15) is 5.10 Å². The Hall–Kier alpha value is -3.16. The Bertz CT molecular complexity index is 823. The molecule has 0 fully saturated rings. The van der Waals surface area contributed by atoms with Crippen molar-refractivity contribution in [1.29, 1.82) is 0 Å². The van der Waals surface area contributed by atoms with Crippen LogP contribution in [0.2, 0.25) is 0 Å². The summed E-state index contributed by atoms with van der Waals surface area (Å²) in [7, 11) is 1.52. The molecule has 126 valence electrons. The molecular formula is C16H17N3O5. The number of ether oxygens (including phenoxy) is 1. The number of nitrogens with zero attached hydrogens (tertiary/aromatic N) is 3. The van der Waals surface area contributed by atoms with E-state index in [9.17, 15) is 14.9 Å². The number of carboxylic acid groups (broad SMARTS) is 1. The lowest BCUT2D eigenvalue weighted by Gasteiger charge is -2.10. The van der Waals surface area contributed by atoms with Gasteiger partial charge in [0, 0.05) is 11.6 Å². The second-order valence-corrected chi connectivity index (χ2v) is 5.18. The first-order chi connectivity index (χ1) is 11.3. The number of methoxy groups -OCH3 is 1. The van der Waals surface area contributed by atoms with E-state index in [0.717, 1.165) is 11.6 Å². The number of aryl methyl sites for hydroxylation is 1. The maximum absolute atomic E-state index is 11.1. The van der Waals surface area contributed by atoms with Crippen molar-refractivity contribution in [3.8, 4) is 5.75 Å². The Balaban J connectivity index is 2.41. The molecule has 1 aromatic carbocycles. The lowest BCUT2D eigenvalue weighted by molar-refractivity contribution is -0.386. The number of aromatic nitrogens is 2. The van der Waals surface area contributed by atoms with Gasteiger partial charge in [0.05, 0.1) is 18.6 Å². The summed E-state index contributed by atoms with van der Waals surface area (Å²) in [5.41, 5.74) is 2.22. The van der Waals surface area contributed by atoms with Gasteiger partial charge in [0.1, 0.15) is 17.1 Å². The Morgan fingerprint density at radius 3 is 2.71 bits per heavy atom. The molecular weight excluding hydrogens is 314 g/mol. The van der Waals surface area contributed by atoms with Gasteiger partial charge in [-0.05, 0) is 37.6 Å². The number of carboxylic acids is 1. The molecule has 0 saturated carbocycles. The highest BCUT2D eigenvalue weighted by Crippen LogP contribution is 2.26. The van der Waals surface area contributed by atoms with Crippen LogP contribution >= 0.6 is 0 Å². The Morgan fingerprint density at radius 2 is 2.17 bits per heavy atom. The Kier molecular flexibility index (Phi) is 4.98. The van der Waals surface area contributed by atoms with Crippen LogP contribution in [0.3, 0.4) is 0 Å². The highest BCUT2D eigenvalue weighted by molar-refractivity contribution is 5.85. The first kappa shape index (κ1) is 17.2. The fourth-order valence-corrected chi connectivity index (χ4v) is 2.46. The maximum Gasteiger partial charge on any atom is 0.328 e. The Morgan fingerprint density at radius 1 is 1.46 bits per heavy atom. The number of nitro groups is 1. The molecule has 0 atom stereocenters. The van der Waals surface area contributed by atoms with Crippen molar-refractivity contribution in [2.75, 3.05) is 7.11 Å². The summed E-state index contributed by atoms with van der Waals surface area (Å²) in [4.78, 5) is 21.3. The molecule has 2 rings (SSSR count). The van der Waals surface area contributed by atoms with Crippen molar-refractivity contribution in [3.63, 3.8) is 0 Å². The van der Waals surface area contributed by atoms with E-state index in [1.807, 2.05) is 0 Å². The van der Waals surface area contributed by atoms with Crippen molar-refractivity contribution in [2.24, 2.45) is 0 Å². The van der Waals surface area contributed by atoms with Crippen LogP contribution in [0.25, 0.3) is 6.08 Å². The third-order valence-corrected chi connectivity index (χ3v) is 3.57. The molecule has 0 spiro atoms. The molecule has 8 nitrogen and oxygen atoms in total. The molecule has 0 saturated heterocycles. The molecule has 0 radical (unpaired) electrons. The van der Waals surface area contributed by atoms with Crippen molar-refractivity contribution in [1.82, 2.24) is 9.78 Å². The minimum absolute atomic E-state index is 0.00380. The monoisotopic (exact) mass is 331 g/mol. The summed E-state index contributed by atoms with van der Waals surface area (Å²) in [6.45, 7) is 3.50. The van der Waals surface area contributed by atoms with E-state index in [0.29, 0.717) is 22.7 Å². The number of rotatable bonds is 6. The van der Waals surface area contributed by atoms with E-state index in [1.165, 1.54) is 17.9 Å². The van der Waals surface area contributed by atoms with E-state index < -0.39 is 10.9 Å². The van der Waals surface area contributed by atoms with Crippen molar-refractivity contribution < 1.29 is 19.6 Å². The summed E-state index contributed by atoms with van der Waals surface area (Å²) >= 11 is 0. The number of carbonyl (C=O) groups is 1. The third kappa shape index (κ3) is 3.60. The summed E-state index contributed by atoms with van der Waals surface area (Å²) in [5.74, 6) is -0.445. The van der Waals surface area contributed by atoms with Crippen molar-refractivity contribution >= 4 is 17.7 Å². The van der Waals surface area contributed by atoms with Crippen LogP contribution in [-0.2, 0) is 11.3 Å².